The van der Waals surface area contributed by atoms with Gasteiger partial charge in [-0.05, 0) is 31.4 Å². The monoisotopic (exact) mass is 312 g/mol. The molecule has 23 heavy (non-hydrogen) atoms. The predicted molar refractivity (Wildman–Crippen MR) is 90.7 cm³/mol. The molecular weight excluding hydrogens is 292 g/mol. The van der Waals surface area contributed by atoms with E-state index in [0.29, 0.717) is 18.7 Å². The predicted octanol–water partition coefficient (Wildman–Crippen LogP) is 1.95. The number of pyridine rings is 1. The largest absolute Gasteiger partial charge is 0.394 e. The van der Waals surface area contributed by atoms with Crippen molar-refractivity contribution in [2.75, 3.05) is 11.9 Å². The van der Waals surface area contributed by atoms with Crippen LogP contribution in [0.25, 0.3) is 10.9 Å². The minimum Gasteiger partial charge on any atom is -0.394 e. The van der Waals surface area contributed by atoms with Gasteiger partial charge >= 0.3 is 0 Å². The molecule has 0 spiro atoms. The SMILES string of the molecule is Cc1nn(CCO)c(NCc2cc3ccccc3[nH]c2=O)c1C. The van der Waals surface area contributed by atoms with E-state index >= 15 is 0 Å². The van der Waals surface area contributed by atoms with E-state index in [1.54, 1.807) is 4.68 Å². The number of anilines is 1. The second kappa shape index (κ2) is 6.26. The van der Waals surface area contributed by atoms with Gasteiger partial charge in [0.05, 0.1) is 18.8 Å². The molecule has 0 bridgehead atoms. The van der Waals surface area contributed by atoms with Gasteiger partial charge in [0, 0.05) is 23.2 Å². The number of hydrogen-bond acceptors (Lipinski definition) is 4. The van der Waals surface area contributed by atoms with Crippen LogP contribution in [0, 0.1) is 13.8 Å². The topological polar surface area (TPSA) is 82.9 Å². The molecule has 0 aliphatic rings. The Morgan fingerprint density at radius 1 is 1.30 bits per heavy atom. The van der Waals surface area contributed by atoms with Gasteiger partial charge in [-0.2, -0.15) is 5.10 Å². The van der Waals surface area contributed by atoms with Gasteiger partial charge < -0.3 is 15.4 Å². The van der Waals surface area contributed by atoms with E-state index in [9.17, 15) is 4.79 Å². The van der Waals surface area contributed by atoms with Crippen LogP contribution in [0.15, 0.2) is 35.1 Å². The molecule has 0 fully saturated rings. The van der Waals surface area contributed by atoms with Crippen LogP contribution in [0.3, 0.4) is 0 Å². The molecule has 1 aromatic carbocycles. The molecule has 6 nitrogen and oxygen atoms in total. The third kappa shape index (κ3) is 2.98. The van der Waals surface area contributed by atoms with Crippen LogP contribution in [0.4, 0.5) is 5.82 Å². The lowest BCUT2D eigenvalue weighted by Crippen LogP contribution is -2.17. The Balaban J connectivity index is 1.89. The van der Waals surface area contributed by atoms with Crippen molar-refractivity contribution in [3.05, 3.63) is 57.5 Å². The number of rotatable bonds is 5. The highest BCUT2D eigenvalue weighted by Gasteiger charge is 2.12. The Morgan fingerprint density at radius 3 is 2.87 bits per heavy atom. The van der Waals surface area contributed by atoms with Gasteiger partial charge in [0.25, 0.3) is 5.56 Å². The summed E-state index contributed by atoms with van der Waals surface area (Å²) in [6.45, 7) is 4.74. The minimum absolute atomic E-state index is 0.0196. The van der Waals surface area contributed by atoms with Crippen LogP contribution >= 0.6 is 0 Å². The molecular formula is C17H20N4O2. The van der Waals surface area contributed by atoms with Gasteiger partial charge in [0.2, 0.25) is 0 Å². The molecule has 0 amide bonds. The van der Waals surface area contributed by atoms with Gasteiger partial charge in [-0.15, -0.1) is 0 Å². The number of H-pyrrole nitrogens is 1. The van der Waals surface area contributed by atoms with Crippen molar-refractivity contribution in [1.82, 2.24) is 14.8 Å². The number of fused-ring (bicyclic) bond motifs is 1. The molecule has 0 atom stereocenters. The maximum Gasteiger partial charge on any atom is 0.253 e. The summed E-state index contributed by atoms with van der Waals surface area (Å²) >= 11 is 0. The fourth-order valence-electron chi connectivity index (χ4n) is 2.65. The first kappa shape index (κ1) is 15.3. The third-order valence-electron chi connectivity index (χ3n) is 4.02. The Kier molecular flexibility index (Phi) is 4.16. The molecule has 2 aromatic heterocycles. The van der Waals surface area contributed by atoms with E-state index in [-0.39, 0.29) is 12.2 Å². The highest BCUT2D eigenvalue weighted by Crippen LogP contribution is 2.19. The van der Waals surface area contributed by atoms with Crippen LogP contribution in [0.5, 0.6) is 0 Å². The first-order valence-corrected chi connectivity index (χ1v) is 7.60. The average Bonchev–Trinajstić information content (AvgIpc) is 2.80. The van der Waals surface area contributed by atoms with Crippen molar-refractivity contribution in [1.29, 1.82) is 0 Å². The molecule has 3 N–H and O–H groups in total. The van der Waals surface area contributed by atoms with E-state index in [2.05, 4.69) is 15.4 Å². The van der Waals surface area contributed by atoms with Gasteiger partial charge in [-0.1, -0.05) is 18.2 Å². The second-order valence-corrected chi connectivity index (χ2v) is 5.57. The summed E-state index contributed by atoms with van der Waals surface area (Å²) in [4.78, 5) is 15.1. The fourth-order valence-corrected chi connectivity index (χ4v) is 2.65. The zero-order valence-electron chi connectivity index (χ0n) is 13.3. The van der Waals surface area contributed by atoms with Crippen LogP contribution in [0.2, 0.25) is 0 Å². The summed E-state index contributed by atoms with van der Waals surface area (Å²) in [7, 11) is 0. The quantitative estimate of drug-likeness (QED) is 0.672. The molecule has 0 aliphatic carbocycles. The molecule has 120 valence electrons. The maximum atomic E-state index is 12.2. The molecule has 0 unspecified atom stereocenters. The maximum absolute atomic E-state index is 12.2. The van der Waals surface area contributed by atoms with Crippen molar-refractivity contribution >= 4 is 16.7 Å². The molecule has 2 heterocycles. The number of para-hydroxylation sites is 1. The zero-order chi connectivity index (χ0) is 16.4. The summed E-state index contributed by atoms with van der Waals surface area (Å²) in [5.74, 6) is 0.837. The number of aromatic amines is 1. The zero-order valence-corrected chi connectivity index (χ0v) is 13.3. The van der Waals surface area contributed by atoms with Crippen LogP contribution < -0.4 is 10.9 Å². The number of aromatic nitrogens is 3. The van der Waals surface area contributed by atoms with Crippen molar-refractivity contribution < 1.29 is 5.11 Å². The summed E-state index contributed by atoms with van der Waals surface area (Å²) in [6, 6.07) is 9.60. The lowest BCUT2D eigenvalue weighted by Gasteiger charge is -2.10. The number of nitrogens with zero attached hydrogens (tertiary/aromatic N) is 2. The Hall–Kier alpha value is -2.60. The van der Waals surface area contributed by atoms with E-state index in [1.165, 1.54) is 0 Å². The van der Waals surface area contributed by atoms with Crippen molar-refractivity contribution in [2.24, 2.45) is 0 Å². The first-order valence-electron chi connectivity index (χ1n) is 7.60. The number of hydrogen-bond donors (Lipinski definition) is 3. The van der Waals surface area contributed by atoms with Crippen molar-refractivity contribution in [2.45, 2.75) is 26.9 Å². The number of nitrogens with one attached hydrogen (secondary N) is 2. The molecule has 0 aliphatic heterocycles. The number of aliphatic hydroxyl groups is 1. The van der Waals surface area contributed by atoms with Crippen molar-refractivity contribution in [3.63, 3.8) is 0 Å². The number of aryl methyl sites for hydroxylation is 1. The number of aliphatic hydroxyl groups excluding tert-OH is 1. The van der Waals surface area contributed by atoms with Gasteiger partial charge in [-0.3, -0.25) is 4.79 Å². The smallest absolute Gasteiger partial charge is 0.253 e. The van der Waals surface area contributed by atoms with E-state index < -0.39 is 0 Å². The van der Waals surface area contributed by atoms with E-state index in [4.69, 9.17) is 5.11 Å². The van der Waals surface area contributed by atoms with Gasteiger partial charge in [0.1, 0.15) is 5.82 Å². The first-order chi connectivity index (χ1) is 11.1. The fraction of sp³-hybridized carbons (Fsp3) is 0.294. The van der Waals surface area contributed by atoms with Gasteiger partial charge in [0.15, 0.2) is 0 Å². The third-order valence-corrected chi connectivity index (χ3v) is 4.02. The molecule has 0 saturated carbocycles. The second-order valence-electron chi connectivity index (χ2n) is 5.57. The molecule has 3 aromatic rings. The summed E-state index contributed by atoms with van der Waals surface area (Å²) in [6.07, 6.45) is 0. The Morgan fingerprint density at radius 2 is 2.09 bits per heavy atom. The van der Waals surface area contributed by atoms with Crippen LogP contribution in [-0.2, 0) is 13.1 Å². The summed E-state index contributed by atoms with van der Waals surface area (Å²) < 4.78 is 1.74. The lowest BCUT2D eigenvalue weighted by atomic mass is 10.1. The minimum atomic E-state index is -0.0983. The molecule has 3 rings (SSSR count). The molecule has 0 saturated heterocycles. The summed E-state index contributed by atoms with van der Waals surface area (Å²) in [5, 5.41) is 17.8. The van der Waals surface area contributed by atoms with E-state index in [0.717, 1.165) is 28.0 Å². The average molecular weight is 312 g/mol. The van der Waals surface area contributed by atoms with Crippen molar-refractivity contribution in [3.8, 4) is 0 Å². The Labute approximate surface area is 133 Å². The lowest BCUT2D eigenvalue weighted by molar-refractivity contribution is 0.270. The van der Waals surface area contributed by atoms with Crippen LogP contribution in [-0.4, -0.2) is 26.5 Å². The number of benzene rings is 1. The Bertz CT molecular complexity index is 895. The molecule has 6 heteroatoms. The van der Waals surface area contributed by atoms with E-state index in [1.807, 2.05) is 44.2 Å². The normalized spacial score (nSPS) is 11.1. The van der Waals surface area contributed by atoms with Gasteiger partial charge in [-0.25, -0.2) is 4.68 Å². The summed E-state index contributed by atoms with van der Waals surface area (Å²) in [5.41, 5.74) is 3.33. The standard InChI is InChI=1S/C17H20N4O2/c1-11-12(2)20-21(7-8-22)16(11)18-10-14-9-13-5-3-4-6-15(13)19-17(14)23/h3-6,9,18,22H,7-8,10H2,1-2H3,(H,19,23). The highest BCUT2D eigenvalue weighted by molar-refractivity contribution is 5.78. The molecule has 0 radical (unpaired) electrons. The highest BCUT2D eigenvalue weighted by atomic mass is 16.3. The van der Waals surface area contributed by atoms with Crippen LogP contribution in [0.1, 0.15) is 16.8 Å².